The lowest BCUT2D eigenvalue weighted by Gasteiger charge is -2.48. The van der Waals surface area contributed by atoms with Crippen LogP contribution in [0.4, 0.5) is 0 Å². The van der Waals surface area contributed by atoms with Gasteiger partial charge in [0.2, 0.25) is 0 Å². The van der Waals surface area contributed by atoms with E-state index in [1.807, 2.05) is 29.2 Å². The highest BCUT2D eigenvalue weighted by Gasteiger charge is 2.44. The number of carbonyl (C=O) groups is 1. The highest BCUT2D eigenvalue weighted by molar-refractivity contribution is 5.92. The minimum absolute atomic E-state index is 0.0378. The summed E-state index contributed by atoms with van der Waals surface area (Å²) < 4.78 is 6.48. The summed E-state index contributed by atoms with van der Waals surface area (Å²) in [6.07, 6.45) is 4.15. The molecule has 2 aromatic rings. The number of likely N-dealkylation sites (tertiary alicyclic amines) is 1. The van der Waals surface area contributed by atoms with E-state index in [9.17, 15) is 9.90 Å². The quantitative estimate of drug-likeness (QED) is 0.883. The summed E-state index contributed by atoms with van der Waals surface area (Å²) in [6, 6.07) is 13.8. The largest absolute Gasteiger partial charge is 0.393 e. The molecule has 0 radical (unpaired) electrons. The van der Waals surface area contributed by atoms with E-state index in [2.05, 4.69) is 17.1 Å². The molecule has 5 nitrogen and oxygen atoms in total. The number of aromatic amines is 1. The lowest BCUT2D eigenvalue weighted by Crippen LogP contribution is -2.52. The fourth-order valence-corrected chi connectivity index (χ4v) is 4.10. The number of nitrogens with zero attached hydrogens (tertiary/aromatic N) is 1. The molecule has 2 aliphatic heterocycles. The van der Waals surface area contributed by atoms with Gasteiger partial charge in [-0.05, 0) is 30.5 Å². The third-order valence-corrected chi connectivity index (χ3v) is 5.45. The summed E-state index contributed by atoms with van der Waals surface area (Å²) >= 11 is 0. The first-order chi connectivity index (χ1) is 12.2. The molecule has 5 heteroatoms. The zero-order chi connectivity index (χ0) is 17.3. The smallest absolute Gasteiger partial charge is 0.270 e. The van der Waals surface area contributed by atoms with Crippen LogP contribution in [0.3, 0.4) is 0 Å². The lowest BCUT2D eigenvalue weighted by atomic mass is 9.81. The second-order valence-electron chi connectivity index (χ2n) is 7.17. The number of nitrogens with one attached hydrogen (secondary N) is 1. The first-order valence-electron chi connectivity index (χ1n) is 8.99. The summed E-state index contributed by atoms with van der Waals surface area (Å²) in [4.78, 5) is 17.3. The van der Waals surface area contributed by atoms with Crippen LogP contribution in [-0.4, -0.2) is 45.7 Å². The molecule has 1 aromatic carbocycles. The molecule has 1 spiro atoms. The van der Waals surface area contributed by atoms with Gasteiger partial charge in [-0.2, -0.15) is 0 Å². The average Bonchev–Trinajstić information content (AvgIpc) is 3.17. The molecule has 132 valence electrons. The van der Waals surface area contributed by atoms with Gasteiger partial charge in [0.15, 0.2) is 0 Å². The van der Waals surface area contributed by atoms with Crippen LogP contribution < -0.4 is 0 Å². The molecular weight excluding hydrogens is 316 g/mol. The maximum absolute atomic E-state index is 12.5. The molecule has 2 fully saturated rings. The fourth-order valence-electron chi connectivity index (χ4n) is 4.10. The van der Waals surface area contributed by atoms with Gasteiger partial charge in [-0.1, -0.05) is 30.3 Å². The van der Waals surface area contributed by atoms with Crippen LogP contribution in [0, 0.1) is 0 Å². The van der Waals surface area contributed by atoms with Crippen molar-refractivity contribution in [3.8, 4) is 0 Å². The van der Waals surface area contributed by atoms with Gasteiger partial charge in [0, 0.05) is 32.1 Å². The number of aromatic nitrogens is 1. The second kappa shape index (κ2) is 6.65. The van der Waals surface area contributed by atoms with Crippen molar-refractivity contribution in [1.82, 2.24) is 9.88 Å². The van der Waals surface area contributed by atoms with Crippen LogP contribution in [0.2, 0.25) is 0 Å². The minimum Gasteiger partial charge on any atom is -0.393 e. The van der Waals surface area contributed by atoms with Gasteiger partial charge >= 0.3 is 0 Å². The van der Waals surface area contributed by atoms with Gasteiger partial charge < -0.3 is 19.7 Å². The van der Waals surface area contributed by atoms with Crippen LogP contribution >= 0.6 is 0 Å². The Morgan fingerprint density at radius 1 is 1.16 bits per heavy atom. The highest BCUT2D eigenvalue weighted by Crippen LogP contribution is 2.43. The van der Waals surface area contributed by atoms with Gasteiger partial charge in [-0.25, -0.2) is 0 Å². The van der Waals surface area contributed by atoms with Crippen LogP contribution in [0.25, 0.3) is 0 Å². The van der Waals surface area contributed by atoms with Crippen molar-refractivity contribution in [2.45, 2.75) is 43.5 Å². The molecule has 0 unspecified atom stereocenters. The monoisotopic (exact) mass is 340 g/mol. The van der Waals surface area contributed by atoms with Gasteiger partial charge in [0.05, 0.1) is 17.8 Å². The van der Waals surface area contributed by atoms with E-state index in [1.165, 1.54) is 0 Å². The van der Waals surface area contributed by atoms with Gasteiger partial charge in [0.25, 0.3) is 5.91 Å². The predicted molar refractivity (Wildman–Crippen MR) is 94.2 cm³/mol. The Bertz CT molecular complexity index is 706. The third-order valence-electron chi connectivity index (χ3n) is 5.45. The summed E-state index contributed by atoms with van der Waals surface area (Å²) in [5.74, 6) is 0.0378. The molecule has 4 rings (SSSR count). The molecule has 25 heavy (non-hydrogen) atoms. The van der Waals surface area contributed by atoms with E-state index in [-0.39, 0.29) is 23.7 Å². The van der Waals surface area contributed by atoms with E-state index in [0.717, 1.165) is 18.4 Å². The van der Waals surface area contributed by atoms with E-state index < -0.39 is 0 Å². The van der Waals surface area contributed by atoms with Crippen molar-refractivity contribution >= 4 is 5.91 Å². The van der Waals surface area contributed by atoms with Crippen molar-refractivity contribution in [3.05, 3.63) is 59.9 Å². The fraction of sp³-hybridized carbons (Fsp3) is 0.450. The predicted octanol–water partition coefficient (Wildman–Crippen LogP) is 2.90. The molecule has 2 aliphatic rings. The number of carbonyl (C=O) groups excluding carboxylic acids is 1. The first-order valence-corrected chi connectivity index (χ1v) is 8.99. The Morgan fingerprint density at radius 2 is 1.92 bits per heavy atom. The summed E-state index contributed by atoms with van der Waals surface area (Å²) in [5.41, 5.74) is 1.42. The number of aliphatic hydroxyl groups is 1. The maximum atomic E-state index is 12.5. The Balaban J connectivity index is 1.45. The Hall–Kier alpha value is -2.11. The Morgan fingerprint density at radius 3 is 2.60 bits per heavy atom. The van der Waals surface area contributed by atoms with Crippen molar-refractivity contribution in [3.63, 3.8) is 0 Å². The zero-order valence-corrected chi connectivity index (χ0v) is 14.2. The number of H-pyrrole nitrogens is 1. The highest BCUT2D eigenvalue weighted by atomic mass is 16.5. The molecule has 0 aliphatic carbocycles. The second-order valence-corrected chi connectivity index (χ2v) is 7.17. The van der Waals surface area contributed by atoms with Crippen molar-refractivity contribution in [2.75, 3.05) is 13.1 Å². The molecule has 0 saturated carbocycles. The first kappa shape index (κ1) is 16.4. The summed E-state index contributed by atoms with van der Waals surface area (Å²) in [7, 11) is 0. The average molecular weight is 340 g/mol. The SMILES string of the molecule is O=C(c1ccc[nH]1)N1CCC2(CC1)C[C@H](O)C[C@H](c1ccccc1)O2. The summed E-state index contributed by atoms with van der Waals surface area (Å²) in [6.45, 7) is 1.32. The number of ether oxygens (including phenoxy) is 1. The molecule has 2 saturated heterocycles. The number of benzene rings is 1. The third kappa shape index (κ3) is 3.34. The number of hydrogen-bond donors (Lipinski definition) is 2. The zero-order valence-electron chi connectivity index (χ0n) is 14.2. The number of rotatable bonds is 2. The van der Waals surface area contributed by atoms with E-state index in [4.69, 9.17) is 4.74 Å². The van der Waals surface area contributed by atoms with Crippen LogP contribution in [-0.2, 0) is 4.74 Å². The van der Waals surface area contributed by atoms with E-state index in [1.54, 1.807) is 12.3 Å². The van der Waals surface area contributed by atoms with Crippen molar-refractivity contribution in [1.29, 1.82) is 0 Å². The van der Waals surface area contributed by atoms with Gasteiger partial charge in [-0.3, -0.25) is 4.79 Å². The number of piperidine rings is 1. The van der Waals surface area contributed by atoms with Crippen molar-refractivity contribution in [2.24, 2.45) is 0 Å². The molecular formula is C20H24N2O3. The number of aliphatic hydroxyl groups excluding tert-OH is 1. The number of amides is 1. The Kier molecular flexibility index (Phi) is 4.36. The molecule has 1 amide bonds. The van der Waals surface area contributed by atoms with E-state index >= 15 is 0 Å². The summed E-state index contributed by atoms with van der Waals surface area (Å²) in [5, 5.41) is 10.4. The van der Waals surface area contributed by atoms with Crippen LogP contribution in [0.1, 0.15) is 47.8 Å². The topological polar surface area (TPSA) is 65.6 Å². The molecule has 0 bridgehead atoms. The van der Waals surface area contributed by atoms with Crippen LogP contribution in [0.15, 0.2) is 48.7 Å². The van der Waals surface area contributed by atoms with Crippen molar-refractivity contribution < 1.29 is 14.6 Å². The Labute approximate surface area is 147 Å². The maximum Gasteiger partial charge on any atom is 0.270 e. The number of hydrogen-bond acceptors (Lipinski definition) is 3. The van der Waals surface area contributed by atoms with Gasteiger partial charge in [0.1, 0.15) is 5.69 Å². The van der Waals surface area contributed by atoms with E-state index in [0.29, 0.717) is 31.6 Å². The molecule has 2 N–H and O–H groups in total. The molecule has 2 atom stereocenters. The van der Waals surface area contributed by atoms with Crippen LogP contribution in [0.5, 0.6) is 0 Å². The standard InChI is InChI=1S/C20H24N2O3/c23-16-13-18(15-5-2-1-3-6-15)25-20(14-16)8-11-22(12-9-20)19(24)17-7-4-10-21-17/h1-7,10,16,18,21,23H,8-9,11-14H2/t16-,18-/m1/s1. The molecule has 3 heterocycles. The minimum atomic E-state index is -0.357. The normalized spacial score (nSPS) is 25.9. The molecule has 1 aromatic heterocycles. The van der Waals surface area contributed by atoms with Gasteiger partial charge in [-0.15, -0.1) is 0 Å². The lowest BCUT2D eigenvalue weighted by molar-refractivity contribution is -0.181.